The molecule has 3 amide bonds. The Morgan fingerprint density at radius 3 is 2.83 bits per heavy atom. The summed E-state index contributed by atoms with van der Waals surface area (Å²) in [6.45, 7) is 0.674. The summed E-state index contributed by atoms with van der Waals surface area (Å²) in [5.74, 6) is -0.125. The third kappa shape index (κ3) is 1.71. The molecule has 1 atom stereocenters. The van der Waals surface area contributed by atoms with Crippen molar-refractivity contribution in [2.45, 2.75) is 25.3 Å². The molecule has 5 nitrogen and oxygen atoms in total. The topological polar surface area (TPSA) is 53.5 Å². The summed E-state index contributed by atoms with van der Waals surface area (Å²) in [7, 11) is 0. The van der Waals surface area contributed by atoms with Crippen molar-refractivity contribution in [3.8, 4) is 0 Å². The van der Waals surface area contributed by atoms with Crippen LogP contribution in [0.15, 0.2) is 22.9 Å². The van der Waals surface area contributed by atoms with E-state index in [0.717, 1.165) is 23.7 Å². The lowest BCUT2D eigenvalue weighted by atomic mass is 10.0. The molecule has 1 aromatic heterocycles. The molecule has 2 aliphatic rings. The van der Waals surface area contributed by atoms with E-state index in [4.69, 9.17) is 0 Å². The second kappa shape index (κ2) is 4.35. The van der Waals surface area contributed by atoms with E-state index in [2.05, 4.69) is 20.9 Å². The lowest BCUT2D eigenvalue weighted by Crippen LogP contribution is -2.39. The molecule has 0 aromatic carbocycles. The van der Waals surface area contributed by atoms with Gasteiger partial charge in [0, 0.05) is 17.2 Å². The number of aromatic nitrogens is 1. The molecule has 0 bridgehead atoms. The molecule has 3 heterocycles. The van der Waals surface area contributed by atoms with E-state index in [0.29, 0.717) is 12.2 Å². The summed E-state index contributed by atoms with van der Waals surface area (Å²) in [4.78, 5) is 31.5. The predicted molar refractivity (Wildman–Crippen MR) is 69.2 cm³/mol. The van der Waals surface area contributed by atoms with Crippen molar-refractivity contribution in [3.05, 3.63) is 22.9 Å². The monoisotopic (exact) mass is 309 g/mol. The average Bonchev–Trinajstić information content (AvgIpc) is 2.63. The normalized spacial score (nSPS) is 23.5. The number of hydrogen-bond acceptors (Lipinski definition) is 3. The fraction of sp³-hybridized carbons (Fsp3) is 0.417. The Kier molecular flexibility index (Phi) is 2.81. The SMILES string of the molecule is O=C1C2CCCCN2C(=O)N1c1cncc(Br)c1. The first-order valence-electron chi connectivity index (χ1n) is 5.93. The van der Waals surface area contributed by atoms with Crippen molar-refractivity contribution in [1.82, 2.24) is 9.88 Å². The zero-order valence-electron chi connectivity index (χ0n) is 9.67. The highest BCUT2D eigenvalue weighted by atomic mass is 79.9. The summed E-state index contributed by atoms with van der Waals surface area (Å²) in [5, 5.41) is 0. The molecule has 0 radical (unpaired) electrons. The predicted octanol–water partition coefficient (Wildman–Crippen LogP) is 2.17. The Morgan fingerprint density at radius 2 is 2.11 bits per heavy atom. The van der Waals surface area contributed by atoms with E-state index in [9.17, 15) is 9.59 Å². The molecule has 2 fully saturated rings. The highest BCUT2D eigenvalue weighted by molar-refractivity contribution is 9.10. The molecule has 0 N–H and O–H groups in total. The van der Waals surface area contributed by atoms with Crippen LogP contribution in [0.1, 0.15) is 19.3 Å². The number of hydrogen-bond donors (Lipinski definition) is 0. The van der Waals surface area contributed by atoms with Crippen LogP contribution in [0.4, 0.5) is 10.5 Å². The van der Waals surface area contributed by atoms with Gasteiger partial charge in [-0.1, -0.05) is 0 Å². The Morgan fingerprint density at radius 1 is 1.28 bits per heavy atom. The first kappa shape index (κ1) is 11.6. The Balaban J connectivity index is 1.97. The minimum absolute atomic E-state index is 0.125. The molecule has 18 heavy (non-hydrogen) atoms. The highest BCUT2D eigenvalue weighted by Gasteiger charge is 2.46. The summed E-state index contributed by atoms with van der Waals surface area (Å²) in [6.07, 6.45) is 5.91. The summed E-state index contributed by atoms with van der Waals surface area (Å²) in [5.41, 5.74) is 0.536. The van der Waals surface area contributed by atoms with Crippen LogP contribution < -0.4 is 4.90 Å². The molecular formula is C12H12BrN3O2. The number of amides is 3. The minimum Gasteiger partial charge on any atom is -0.312 e. The maximum Gasteiger partial charge on any atom is 0.332 e. The summed E-state index contributed by atoms with van der Waals surface area (Å²) < 4.78 is 0.755. The van der Waals surface area contributed by atoms with Gasteiger partial charge < -0.3 is 4.90 Å². The second-order valence-electron chi connectivity index (χ2n) is 4.52. The van der Waals surface area contributed by atoms with Gasteiger partial charge in [0.25, 0.3) is 5.91 Å². The molecule has 2 saturated heterocycles. The maximum absolute atomic E-state index is 12.3. The zero-order chi connectivity index (χ0) is 12.7. The number of fused-ring (bicyclic) bond motifs is 1. The highest BCUT2D eigenvalue weighted by Crippen LogP contribution is 2.31. The molecule has 2 aliphatic heterocycles. The third-order valence-electron chi connectivity index (χ3n) is 3.39. The van der Waals surface area contributed by atoms with Crippen LogP contribution in [0, 0.1) is 0 Å². The zero-order valence-corrected chi connectivity index (χ0v) is 11.3. The number of halogens is 1. The molecule has 1 aromatic rings. The van der Waals surface area contributed by atoms with Crippen LogP contribution in [0.2, 0.25) is 0 Å². The van der Waals surface area contributed by atoms with Gasteiger partial charge in [0.2, 0.25) is 0 Å². The van der Waals surface area contributed by atoms with E-state index >= 15 is 0 Å². The van der Waals surface area contributed by atoms with Gasteiger partial charge in [0.1, 0.15) is 6.04 Å². The largest absolute Gasteiger partial charge is 0.332 e. The van der Waals surface area contributed by atoms with Gasteiger partial charge in [-0.05, 0) is 41.3 Å². The minimum atomic E-state index is -0.273. The number of urea groups is 1. The first-order valence-corrected chi connectivity index (χ1v) is 6.73. The molecule has 0 aliphatic carbocycles. The molecule has 0 spiro atoms. The second-order valence-corrected chi connectivity index (χ2v) is 5.44. The quantitative estimate of drug-likeness (QED) is 0.747. The Labute approximate surface area is 113 Å². The first-order chi connectivity index (χ1) is 8.68. The van der Waals surface area contributed by atoms with Crippen LogP contribution in [0.3, 0.4) is 0 Å². The number of anilines is 1. The standard InChI is InChI=1S/C12H12BrN3O2/c13-8-5-9(7-14-6-8)16-11(17)10-3-1-2-4-15(10)12(16)18/h5-7,10H,1-4H2. The van der Waals surface area contributed by atoms with E-state index < -0.39 is 0 Å². The van der Waals surface area contributed by atoms with Crippen molar-refractivity contribution < 1.29 is 9.59 Å². The van der Waals surface area contributed by atoms with Gasteiger partial charge in [0.15, 0.2) is 0 Å². The van der Waals surface area contributed by atoms with E-state index in [-0.39, 0.29) is 18.0 Å². The molecule has 0 saturated carbocycles. The maximum atomic E-state index is 12.3. The molecule has 94 valence electrons. The Bertz CT molecular complexity index is 496. The van der Waals surface area contributed by atoms with Gasteiger partial charge in [-0.25, -0.2) is 9.69 Å². The average molecular weight is 310 g/mol. The van der Waals surface area contributed by atoms with Gasteiger partial charge in [-0.15, -0.1) is 0 Å². The molecule has 1 unspecified atom stereocenters. The van der Waals surface area contributed by atoms with E-state index in [1.54, 1.807) is 23.4 Å². The summed E-state index contributed by atoms with van der Waals surface area (Å²) in [6, 6.07) is 1.25. The van der Waals surface area contributed by atoms with Gasteiger partial charge in [0.05, 0.1) is 11.9 Å². The van der Waals surface area contributed by atoms with Crippen molar-refractivity contribution in [3.63, 3.8) is 0 Å². The molecule has 6 heteroatoms. The lowest BCUT2D eigenvalue weighted by molar-refractivity contribution is -0.120. The van der Waals surface area contributed by atoms with Crippen LogP contribution >= 0.6 is 15.9 Å². The van der Waals surface area contributed by atoms with Gasteiger partial charge in [-0.3, -0.25) is 9.78 Å². The van der Waals surface area contributed by atoms with Crippen LogP contribution in [-0.2, 0) is 4.79 Å². The van der Waals surface area contributed by atoms with Crippen molar-refractivity contribution in [2.75, 3.05) is 11.4 Å². The number of piperidine rings is 1. The number of nitrogens with zero attached hydrogens (tertiary/aromatic N) is 3. The fourth-order valence-electron chi connectivity index (χ4n) is 2.55. The van der Waals surface area contributed by atoms with Crippen molar-refractivity contribution >= 4 is 33.6 Å². The third-order valence-corrected chi connectivity index (χ3v) is 3.83. The molecule has 3 rings (SSSR count). The lowest BCUT2D eigenvalue weighted by Gasteiger charge is -2.25. The van der Waals surface area contributed by atoms with Crippen LogP contribution in [0.25, 0.3) is 0 Å². The number of carbonyl (C=O) groups excluding carboxylic acids is 2. The van der Waals surface area contributed by atoms with Gasteiger partial charge >= 0.3 is 6.03 Å². The number of imide groups is 1. The number of carbonyl (C=O) groups is 2. The van der Waals surface area contributed by atoms with Crippen LogP contribution in [-0.4, -0.2) is 34.4 Å². The van der Waals surface area contributed by atoms with E-state index in [1.807, 2.05) is 0 Å². The van der Waals surface area contributed by atoms with Gasteiger partial charge in [-0.2, -0.15) is 0 Å². The fourth-order valence-corrected chi connectivity index (χ4v) is 2.90. The van der Waals surface area contributed by atoms with E-state index in [1.165, 1.54) is 4.90 Å². The smallest absolute Gasteiger partial charge is 0.312 e. The Hall–Kier alpha value is -1.43. The molecular weight excluding hydrogens is 298 g/mol. The van der Waals surface area contributed by atoms with Crippen molar-refractivity contribution in [2.24, 2.45) is 0 Å². The number of rotatable bonds is 1. The van der Waals surface area contributed by atoms with Crippen LogP contribution in [0.5, 0.6) is 0 Å². The van der Waals surface area contributed by atoms with Crippen molar-refractivity contribution in [1.29, 1.82) is 0 Å². The number of pyridine rings is 1. The summed E-state index contributed by atoms with van der Waals surface area (Å²) >= 11 is 3.30.